The molecular formula is C15H22O4. The van der Waals surface area contributed by atoms with Crippen molar-refractivity contribution in [3.05, 3.63) is 0 Å². The van der Waals surface area contributed by atoms with Gasteiger partial charge in [0.15, 0.2) is 0 Å². The Kier molecular flexibility index (Phi) is 1.89. The lowest BCUT2D eigenvalue weighted by atomic mass is 9.36. The van der Waals surface area contributed by atoms with Crippen molar-refractivity contribution in [2.24, 2.45) is 22.2 Å². The van der Waals surface area contributed by atoms with Gasteiger partial charge < -0.3 is 14.9 Å². The van der Waals surface area contributed by atoms with Crippen LogP contribution in [0.25, 0.3) is 0 Å². The highest BCUT2D eigenvalue weighted by atomic mass is 16.5. The van der Waals surface area contributed by atoms with Gasteiger partial charge in [0.2, 0.25) is 0 Å². The number of aliphatic hydroxyl groups excluding tert-OH is 1. The second-order valence-electron chi connectivity index (χ2n) is 7.65. The Balaban J connectivity index is 2.06. The van der Waals surface area contributed by atoms with Crippen molar-refractivity contribution in [2.45, 2.75) is 57.8 Å². The maximum absolute atomic E-state index is 12.7. The quantitative estimate of drug-likeness (QED) is 0.683. The summed E-state index contributed by atoms with van der Waals surface area (Å²) < 4.78 is 5.81. The number of rotatable bonds is 0. The summed E-state index contributed by atoms with van der Waals surface area (Å²) in [5.41, 5.74) is -2.98. The van der Waals surface area contributed by atoms with Crippen LogP contribution in [0.4, 0.5) is 0 Å². The van der Waals surface area contributed by atoms with Crippen molar-refractivity contribution in [1.82, 2.24) is 0 Å². The van der Waals surface area contributed by atoms with Crippen LogP contribution in [0.3, 0.4) is 0 Å². The predicted molar refractivity (Wildman–Crippen MR) is 67.4 cm³/mol. The molecule has 4 heteroatoms. The van der Waals surface area contributed by atoms with E-state index in [1.165, 1.54) is 0 Å². The van der Waals surface area contributed by atoms with Gasteiger partial charge in [-0.2, -0.15) is 0 Å². The average Bonchev–Trinajstić information content (AvgIpc) is 2.76. The molecule has 4 bridgehead atoms. The van der Waals surface area contributed by atoms with E-state index in [0.29, 0.717) is 19.4 Å². The topological polar surface area (TPSA) is 66.8 Å². The van der Waals surface area contributed by atoms with Crippen LogP contribution < -0.4 is 0 Å². The van der Waals surface area contributed by atoms with Crippen LogP contribution in [0.1, 0.15) is 40.0 Å². The summed E-state index contributed by atoms with van der Waals surface area (Å²) in [5, 5.41) is 22.3. The lowest BCUT2D eigenvalue weighted by Gasteiger charge is -2.68. The molecule has 19 heavy (non-hydrogen) atoms. The number of hydrogen-bond donors (Lipinski definition) is 2. The first kappa shape index (κ1) is 12.3. The van der Waals surface area contributed by atoms with Gasteiger partial charge in [-0.1, -0.05) is 13.8 Å². The summed E-state index contributed by atoms with van der Waals surface area (Å²) in [6.07, 6.45) is 0.672. The van der Waals surface area contributed by atoms with Crippen LogP contribution in [-0.2, 0) is 9.53 Å². The monoisotopic (exact) mass is 266 g/mol. The van der Waals surface area contributed by atoms with Crippen LogP contribution in [0.15, 0.2) is 0 Å². The van der Waals surface area contributed by atoms with Gasteiger partial charge in [0.05, 0.1) is 29.8 Å². The number of carbonyl (C=O) groups excluding carboxylic acids is 1. The molecule has 5 fully saturated rings. The summed E-state index contributed by atoms with van der Waals surface area (Å²) in [5.74, 6) is 0.325. The smallest absolute Gasteiger partial charge is 0.142 e. The number of ketones is 1. The molecule has 0 aromatic rings. The Morgan fingerprint density at radius 1 is 1.37 bits per heavy atom. The lowest BCUT2D eigenvalue weighted by molar-refractivity contribution is -0.285. The van der Waals surface area contributed by atoms with Crippen molar-refractivity contribution in [2.75, 3.05) is 6.61 Å². The zero-order valence-electron chi connectivity index (χ0n) is 11.8. The summed E-state index contributed by atoms with van der Waals surface area (Å²) in [6, 6.07) is 0. The van der Waals surface area contributed by atoms with E-state index in [1.807, 2.05) is 13.8 Å². The number of fused-ring (bicyclic) bond motifs is 1. The fraction of sp³-hybridized carbons (Fsp3) is 0.933. The zero-order valence-corrected chi connectivity index (χ0v) is 11.8. The van der Waals surface area contributed by atoms with E-state index in [9.17, 15) is 15.0 Å². The van der Waals surface area contributed by atoms with E-state index in [1.54, 1.807) is 0 Å². The molecule has 1 heterocycles. The van der Waals surface area contributed by atoms with Crippen LogP contribution in [-0.4, -0.2) is 40.4 Å². The molecule has 4 saturated carbocycles. The van der Waals surface area contributed by atoms with E-state index in [2.05, 4.69) is 6.92 Å². The van der Waals surface area contributed by atoms with Gasteiger partial charge in [0.25, 0.3) is 0 Å². The Bertz CT molecular complexity index is 491. The molecule has 4 aliphatic carbocycles. The number of carbonyl (C=O) groups is 1. The van der Waals surface area contributed by atoms with Gasteiger partial charge in [-0.05, 0) is 25.7 Å². The van der Waals surface area contributed by atoms with Crippen LogP contribution in [0, 0.1) is 22.2 Å². The molecular weight excluding hydrogens is 244 g/mol. The Labute approximate surface area is 113 Å². The number of ether oxygens (including phenoxy) is 1. The molecule has 4 nitrogen and oxygen atoms in total. The van der Waals surface area contributed by atoms with Gasteiger partial charge in [0.1, 0.15) is 5.78 Å². The summed E-state index contributed by atoms with van der Waals surface area (Å²) in [4.78, 5) is 12.7. The molecule has 0 unspecified atom stereocenters. The lowest BCUT2D eigenvalue weighted by Crippen LogP contribution is -2.79. The molecule has 1 aliphatic heterocycles. The first-order valence-electron chi connectivity index (χ1n) is 7.31. The SMILES string of the molecule is C[C@@H]1CC[C@@]2(O)[C@@]13CC(=O)[C@]1(C)[C@@H](OC[C@@]21C)[C@@H]3O. The molecule has 0 aromatic heterocycles. The molecule has 0 amide bonds. The van der Waals surface area contributed by atoms with E-state index in [0.717, 1.165) is 6.42 Å². The van der Waals surface area contributed by atoms with Crippen molar-refractivity contribution >= 4 is 5.78 Å². The van der Waals surface area contributed by atoms with Gasteiger partial charge in [-0.3, -0.25) is 4.79 Å². The molecule has 1 spiro atoms. The normalized spacial score (nSPS) is 66.6. The second-order valence-corrected chi connectivity index (χ2v) is 7.65. The minimum Gasteiger partial charge on any atom is -0.390 e. The number of hydrogen-bond acceptors (Lipinski definition) is 4. The van der Waals surface area contributed by atoms with Crippen LogP contribution in [0.2, 0.25) is 0 Å². The fourth-order valence-electron chi connectivity index (χ4n) is 6.10. The van der Waals surface area contributed by atoms with Crippen molar-refractivity contribution in [3.8, 4) is 0 Å². The molecule has 106 valence electrons. The van der Waals surface area contributed by atoms with Gasteiger partial charge in [-0.25, -0.2) is 0 Å². The third kappa shape index (κ3) is 0.829. The fourth-order valence-corrected chi connectivity index (χ4v) is 6.10. The first-order chi connectivity index (χ1) is 8.76. The minimum atomic E-state index is -0.978. The van der Waals surface area contributed by atoms with Crippen molar-refractivity contribution < 1.29 is 19.7 Å². The van der Waals surface area contributed by atoms with Gasteiger partial charge in [0, 0.05) is 17.3 Å². The van der Waals surface area contributed by atoms with Gasteiger partial charge >= 0.3 is 0 Å². The first-order valence-corrected chi connectivity index (χ1v) is 7.31. The van der Waals surface area contributed by atoms with Crippen LogP contribution >= 0.6 is 0 Å². The van der Waals surface area contributed by atoms with Gasteiger partial charge in [-0.15, -0.1) is 0 Å². The zero-order chi connectivity index (χ0) is 13.8. The van der Waals surface area contributed by atoms with E-state index >= 15 is 0 Å². The van der Waals surface area contributed by atoms with Crippen molar-refractivity contribution in [1.29, 1.82) is 0 Å². The highest BCUT2D eigenvalue weighted by Crippen LogP contribution is 2.77. The van der Waals surface area contributed by atoms with E-state index < -0.39 is 34.1 Å². The number of Topliss-reactive ketones (excluding diaryl/α,β-unsaturated/α-hetero) is 1. The third-order valence-corrected chi connectivity index (χ3v) is 7.62. The standard InChI is InChI=1S/C15H22O4/c1-8-4-5-15(18)12(2)7-19-11-10(17)14(8,15)6-9(16)13(11,12)3/h8,10-11,17-18H,4-7H2,1-3H3/t8-,10+,11+,12-,13-,14+,15+/m1/s1. The van der Waals surface area contributed by atoms with Crippen LogP contribution in [0.5, 0.6) is 0 Å². The molecule has 1 saturated heterocycles. The Morgan fingerprint density at radius 3 is 2.74 bits per heavy atom. The maximum Gasteiger partial charge on any atom is 0.142 e. The minimum absolute atomic E-state index is 0.157. The molecule has 5 aliphatic rings. The van der Waals surface area contributed by atoms with E-state index in [-0.39, 0.29) is 11.7 Å². The van der Waals surface area contributed by atoms with Crippen molar-refractivity contribution in [3.63, 3.8) is 0 Å². The third-order valence-electron chi connectivity index (χ3n) is 7.62. The Hall–Kier alpha value is -0.450. The molecule has 7 atom stereocenters. The molecule has 5 rings (SSSR count). The predicted octanol–water partition coefficient (Wildman–Crippen LogP) is 0.893. The summed E-state index contributed by atoms with van der Waals surface area (Å²) >= 11 is 0. The molecule has 0 radical (unpaired) electrons. The maximum atomic E-state index is 12.7. The molecule has 2 N–H and O–H groups in total. The van der Waals surface area contributed by atoms with E-state index in [4.69, 9.17) is 4.74 Å². The Morgan fingerprint density at radius 2 is 2.05 bits per heavy atom. The summed E-state index contributed by atoms with van der Waals surface area (Å²) in [6.45, 7) is 6.32. The number of aliphatic hydroxyl groups is 2. The summed E-state index contributed by atoms with van der Waals surface area (Å²) in [7, 11) is 0. The highest BCUT2D eigenvalue weighted by Gasteiger charge is 2.86. The second kappa shape index (κ2) is 2.92. The average molecular weight is 266 g/mol. The highest BCUT2D eigenvalue weighted by molar-refractivity contribution is 5.91. The molecule has 0 aromatic carbocycles. The largest absolute Gasteiger partial charge is 0.390 e.